The molecule has 3 rings (SSSR count). The van der Waals surface area contributed by atoms with Crippen molar-refractivity contribution in [1.82, 2.24) is 15.5 Å². The van der Waals surface area contributed by atoms with Crippen LogP contribution in [0.25, 0.3) is 0 Å². The van der Waals surface area contributed by atoms with Gasteiger partial charge < -0.3 is 21.1 Å². The maximum atomic E-state index is 12.6. The van der Waals surface area contributed by atoms with Gasteiger partial charge in [-0.15, -0.1) is 0 Å². The molecule has 2 amide bonds. The summed E-state index contributed by atoms with van der Waals surface area (Å²) in [4.78, 5) is 23.8. The summed E-state index contributed by atoms with van der Waals surface area (Å²) in [5.41, 5.74) is 7.79. The van der Waals surface area contributed by atoms with Gasteiger partial charge in [-0.05, 0) is 23.8 Å². The third kappa shape index (κ3) is 5.65. The number of aromatic nitrogens is 2. The van der Waals surface area contributed by atoms with Crippen LogP contribution in [0.1, 0.15) is 18.5 Å². The summed E-state index contributed by atoms with van der Waals surface area (Å²) in [7, 11) is 0. The number of carbonyl (C=O) groups is 2. The number of nitrogen functional groups attached to an aromatic ring is 1. The zero-order valence-corrected chi connectivity index (χ0v) is 16.9. The van der Waals surface area contributed by atoms with Gasteiger partial charge in [0.1, 0.15) is 18.1 Å². The topological polar surface area (TPSA) is 134 Å². The second-order valence-corrected chi connectivity index (χ2v) is 6.80. The van der Waals surface area contributed by atoms with E-state index in [4.69, 9.17) is 22.1 Å². The largest absolute Gasteiger partial charge is 0.463 e. The predicted molar refractivity (Wildman–Crippen MR) is 116 cm³/mol. The van der Waals surface area contributed by atoms with Gasteiger partial charge in [-0.3, -0.25) is 15.2 Å². The Labute approximate surface area is 177 Å². The molecular weight excluding hydrogens is 408 g/mol. The number of rotatable bonds is 7. The van der Waals surface area contributed by atoms with Crippen LogP contribution < -0.4 is 21.7 Å². The lowest BCUT2D eigenvalue weighted by molar-refractivity contribution is -0.141. The van der Waals surface area contributed by atoms with Gasteiger partial charge in [0.2, 0.25) is 0 Å². The number of hydrogen-bond acceptors (Lipinski definition) is 6. The van der Waals surface area contributed by atoms with Crippen molar-refractivity contribution < 1.29 is 14.3 Å². The summed E-state index contributed by atoms with van der Waals surface area (Å²) in [6.45, 7) is 1.30. The van der Waals surface area contributed by atoms with Gasteiger partial charge in [0.05, 0.1) is 6.04 Å². The molecule has 3 aromatic rings. The predicted octanol–water partition coefficient (Wildman–Crippen LogP) is 3.81. The van der Waals surface area contributed by atoms with Gasteiger partial charge >= 0.3 is 12.0 Å². The van der Waals surface area contributed by atoms with Gasteiger partial charge in [0, 0.05) is 17.6 Å². The minimum atomic E-state index is -0.546. The van der Waals surface area contributed by atoms with Crippen LogP contribution in [0.15, 0.2) is 54.6 Å². The van der Waals surface area contributed by atoms with E-state index in [2.05, 4.69) is 26.1 Å². The standard InChI is InChI=1S/C20H21ClN6O3/c1-12(28)30-11-16(13-6-3-2-4-7-13)24-20(29)25-19-17(18(22)26-27-19)23-15-9-5-8-14(21)10-15/h2-10,16,23H,11H2,1H3,(H5,22,24,25,26,27,29)/t16-/m0/s1. The number of urea groups is 1. The molecule has 1 aromatic heterocycles. The van der Waals surface area contributed by atoms with Crippen LogP contribution >= 0.6 is 11.6 Å². The molecule has 10 heteroatoms. The number of benzene rings is 2. The van der Waals surface area contributed by atoms with Crippen LogP contribution in [-0.2, 0) is 9.53 Å². The minimum absolute atomic E-state index is 0.0108. The highest BCUT2D eigenvalue weighted by atomic mass is 35.5. The van der Waals surface area contributed by atoms with Crippen molar-refractivity contribution >= 4 is 46.6 Å². The van der Waals surface area contributed by atoms with E-state index in [1.54, 1.807) is 24.3 Å². The number of halogens is 1. The van der Waals surface area contributed by atoms with Crippen molar-refractivity contribution in [2.45, 2.75) is 13.0 Å². The van der Waals surface area contributed by atoms with Crippen molar-refractivity contribution in [2.24, 2.45) is 0 Å². The van der Waals surface area contributed by atoms with Crippen LogP contribution in [0.3, 0.4) is 0 Å². The summed E-state index contributed by atoms with van der Waals surface area (Å²) in [5.74, 6) is 0.000272. The van der Waals surface area contributed by atoms with E-state index in [9.17, 15) is 9.59 Å². The Bertz CT molecular complexity index is 1020. The number of hydrogen-bond donors (Lipinski definition) is 5. The Kier molecular flexibility index (Phi) is 6.76. The van der Waals surface area contributed by atoms with Crippen LogP contribution in [0.4, 0.5) is 27.8 Å². The third-order valence-corrected chi connectivity index (χ3v) is 4.32. The molecule has 0 spiro atoms. The number of nitrogens with two attached hydrogens (primary N) is 1. The molecule has 0 saturated carbocycles. The summed E-state index contributed by atoms with van der Waals surface area (Å²) in [6, 6.07) is 15.1. The summed E-state index contributed by atoms with van der Waals surface area (Å²) >= 11 is 6.01. The van der Waals surface area contributed by atoms with E-state index >= 15 is 0 Å². The van der Waals surface area contributed by atoms with Crippen LogP contribution in [0, 0.1) is 0 Å². The fraction of sp³-hybridized carbons (Fsp3) is 0.150. The van der Waals surface area contributed by atoms with E-state index in [0.29, 0.717) is 16.4 Å². The number of carbonyl (C=O) groups excluding carboxylic acids is 2. The maximum absolute atomic E-state index is 12.6. The smallest absolute Gasteiger partial charge is 0.321 e. The molecule has 0 aliphatic rings. The average molecular weight is 429 g/mol. The Hall–Kier alpha value is -3.72. The molecule has 0 unspecified atom stereocenters. The molecule has 0 bridgehead atoms. The second kappa shape index (κ2) is 9.66. The van der Waals surface area contributed by atoms with E-state index in [1.807, 2.05) is 30.3 Å². The monoisotopic (exact) mass is 428 g/mol. The fourth-order valence-electron chi connectivity index (χ4n) is 2.69. The van der Waals surface area contributed by atoms with Crippen molar-refractivity contribution in [3.63, 3.8) is 0 Å². The van der Waals surface area contributed by atoms with Crippen molar-refractivity contribution in [1.29, 1.82) is 0 Å². The average Bonchev–Trinajstić information content (AvgIpc) is 3.05. The Morgan fingerprint density at radius 2 is 1.97 bits per heavy atom. The number of nitrogens with one attached hydrogen (secondary N) is 4. The Morgan fingerprint density at radius 3 is 2.67 bits per heavy atom. The summed E-state index contributed by atoms with van der Waals surface area (Å²) < 4.78 is 5.08. The van der Waals surface area contributed by atoms with Gasteiger partial charge in [-0.2, -0.15) is 5.10 Å². The van der Waals surface area contributed by atoms with Gasteiger partial charge in [0.15, 0.2) is 5.82 Å². The molecule has 0 aliphatic carbocycles. The molecule has 6 N–H and O–H groups in total. The molecule has 30 heavy (non-hydrogen) atoms. The van der Waals surface area contributed by atoms with E-state index in [1.165, 1.54) is 6.92 Å². The molecular formula is C20H21ClN6O3. The second-order valence-electron chi connectivity index (χ2n) is 6.36. The van der Waals surface area contributed by atoms with Crippen molar-refractivity contribution in [3.05, 3.63) is 65.2 Å². The first kappa shape index (κ1) is 21.0. The van der Waals surface area contributed by atoms with Crippen molar-refractivity contribution in [3.8, 4) is 0 Å². The first-order valence-electron chi connectivity index (χ1n) is 9.04. The molecule has 0 saturated heterocycles. The van der Waals surface area contributed by atoms with E-state index < -0.39 is 18.0 Å². The molecule has 1 atom stereocenters. The summed E-state index contributed by atoms with van der Waals surface area (Å²) in [5, 5.41) is 15.7. The SMILES string of the molecule is CC(=O)OC[C@H](NC(=O)Nc1n[nH]c(N)c1Nc1cccc(Cl)c1)c1ccccc1. The quantitative estimate of drug-likeness (QED) is 0.363. The molecule has 156 valence electrons. The number of anilines is 4. The molecule has 0 fully saturated rings. The lowest BCUT2D eigenvalue weighted by Crippen LogP contribution is -2.35. The van der Waals surface area contributed by atoms with Crippen LogP contribution in [0.5, 0.6) is 0 Å². The summed E-state index contributed by atoms with van der Waals surface area (Å²) in [6.07, 6.45) is 0. The lowest BCUT2D eigenvalue weighted by atomic mass is 10.1. The molecule has 2 aromatic carbocycles. The van der Waals surface area contributed by atoms with Gasteiger partial charge in [-0.25, -0.2) is 4.79 Å². The Balaban J connectivity index is 1.72. The highest BCUT2D eigenvalue weighted by Gasteiger charge is 2.19. The first-order valence-corrected chi connectivity index (χ1v) is 9.42. The Morgan fingerprint density at radius 1 is 1.20 bits per heavy atom. The zero-order valence-electron chi connectivity index (χ0n) is 16.1. The number of esters is 1. The maximum Gasteiger partial charge on any atom is 0.321 e. The number of H-pyrrole nitrogens is 1. The molecule has 1 heterocycles. The molecule has 0 aliphatic heterocycles. The van der Waals surface area contributed by atoms with E-state index in [0.717, 1.165) is 5.56 Å². The zero-order chi connectivity index (χ0) is 21.5. The number of nitrogens with zero attached hydrogens (tertiary/aromatic N) is 1. The normalized spacial score (nSPS) is 11.4. The number of aromatic amines is 1. The highest BCUT2D eigenvalue weighted by Crippen LogP contribution is 2.30. The number of ether oxygens (including phenoxy) is 1. The highest BCUT2D eigenvalue weighted by molar-refractivity contribution is 6.30. The van der Waals surface area contributed by atoms with Crippen LogP contribution in [-0.4, -0.2) is 28.8 Å². The molecule has 9 nitrogen and oxygen atoms in total. The van der Waals surface area contributed by atoms with Gasteiger partial charge in [0.25, 0.3) is 0 Å². The third-order valence-electron chi connectivity index (χ3n) is 4.08. The lowest BCUT2D eigenvalue weighted by Gasteiger charge is -2.19. The number of amides is 2. The van der Waals surface area contributed by atoms with Gasteiger partial charge in [-0.1, -0.05) is 48.0 Å². The fourth-order valence-corrected chi connectivity index (χ4v) is 2.88. The van der Waals surface area contributed by atoms with E-state index in [-0.39, 0.29) is 18.2 Å². The van der Waals surface area contributed by atoms with Crippen molar-refractivity contribution in [2.75, 3.05) is 23.0 Å². The minimum Gasteiger partial charge on any atom is -0.463 e. The first-order chi connectivity index (χ1) is 14.4. The molecule has 0 radical (unpaired) electrons. The van der Waals surface area contributed by atoms with Crippen LogP contribution in [0.2, 0.25) is 5.02 Å².